The van der Waals surface area contributed by atoms with E-state index in [1.54, 1.807) is 16.9 Å². The maximum absolute atomic E-state index is 12.6. The number of nitrogens with one attached hydrogen (secondary N) is 1. The van der Waals surface area contributed by atoms with Gasteiger partial charge < -0.3 is 19.3 Å². The molecule has 1 aromatic carbocycles. The van der Waals surface area contributed by atoms with Crippen LogP contribution in [0.4, 0.5) is 0 Å². The number of carbonyl (C=O) groups is 2. The fourth-order valence-corrected chi connectivity index (χ4v) is 3.34. The quantitative estimate of drug-likeness (QED) is 0.727. The molecule has 160 valence electrons. The van der Waals surface area contributed by atoms with E-state index < -0.39 is 0 Å². The molecule has 2 heterocycles. The average Bonchev–Trinajstić information content (AvgIpc) is 2.78. The minimum atomic E-state index is -0.355. The smallest absolute Gasteiger partial charge is 0.274 e. The number of aromatic amines is 1. The molecule has 2 aromatic rings. The maximum Gasteiger partial charge on any atom is 0.274 e. The first-order valence-electron chi connectivity index (χ1n) is 9.94. The predicted molar refractivity (Wildman–Crippen MR) is 110 cm³/mol. The SMILES string of the molecule is CCOc1ccc(CCC(=O)N2CCN(C(=O)c3ccc(=O)[nH]n3)CC2)cc1OC. The number of hydrogen-bond acceptors (Lipinski definition) is 6. The largest absolute Gasteiger partial charge is 0.493 e. The van der Waals surface area contributed by atoms with E-state index in [0.717, 1.165) is 5.56 Å². The second kappa shape index (κ2) is 9.91. The molecule has 3 rings (SSSR count). The molecule has 30 heavy (non-hydrogen) atoms. The molecule has 0 saturated carbocycles. The van der Waals surface area contributed by atoms with Crippen LogP contribution in [0.1, 0.15) is 29.4 Å². The Labute approximate surface area is 174 Å². The van der Waals surface area contributed by atoms with Crippen molar-refractivity contribution in [3.8, 4) is 11.5 Å². The van der Waals surface area contributed by atoms with Gasteiger partial charge >= 0.3 is 0 Å². The minimum Gasteiger partial charge on any atom is -0.493 e. The van der Waals surface area contributed by atoms with Gasteiger partial charge in [0.25, 0.3) is 11.5 Å². The summed E-state index contributed by atoms with van der Waals surface area (Å²) in [6, 6.07) is 8.37. The molecule has 0 unspecified atom stereocenters. The topological polar surface area (TPSA) is 105 Å². The van der Waals surface area contributed by atoms with Crippen molar-refractivity contribution in [3.05, 3.63) is 51.9 Å². The third kappa shape index (κ3) is 5.16. The lowest BCUT2D eigenvalue weighted by Gasteiger charge is -2.34. The second-order valence-electron chi connectivity index (χ2n) is 6.90. The van der Waals surface area contributed by atoms with Crippen LogP contribution in [-0.4, -0.2) is 71.7 Å². The normalized spacial score (nSPS) is 13.8. The van der Waals surface area contributed by atoms with Crippen molar-refractivity contribution in [2.24, 2.45) is 0 Å². The van der Waals surface area contributed by atoms with Crippen molar-refractivity contribution < 1.29 is 19.1 Å². The van der Waals surface area contributed by atoms with Gasteiger partial charge in [-0.15, -0.1) is 0 Å². The lowest BCUT2D eigenvalue weighted by Crippen LogP contribution is -2.50. The Hall–Kier alpha value is -3.36. The second-order valence-corrected chi connectivity index (χ2v) is 6.90. The van der Waals surface area contributed by atoms with Gasteiger partial charge in [-0.3, -0.25) is 14.4 Å². The summed E-state index contributed by atoms with van der Waals surface area (Å²) in [7, 11) is 1.59. The zero-order chi connectivity index (χ0) is 21.5. The third-order valence-electron chi connectivity index (χ3n) is 4.97. The molecule has 1 saturated heterocycles. The summed E-state index contributed by atoms with van der Waals surface area (Å²) in [6.07, 6.45) is 0.981. The summed E-state index contributed by atoms with van der Waals surface area (Å²) in [5.41, 5.74) is 0.840. The lowest BCUT2D eigenvalue weighted by molar-refractivity contribution is -0.132. The highest BCUT2D eigenvalue weighted by Gasteiger charge is 2.25. The molecule has 9 heteroatoms. The van der Waals surface area contributed by atoms with Gasteiger partial charge in [-0.2, -0.15) is 5.10 Å². The number of aromatic nitrogens is 2. The molecule has 1 fully saturated rings. The van der Waals surface area contributed by atoms with Crippen LogP contribution < -0.4 is 15.0 Å². The molecule has 0 atom stereocenters. The highest BCUT2D eigenvalue weighted by atomic mass is 16.5. The zero-order valence-corrected chi connectivity index (χ0v) is 17.2. The maximum atomic E-state index is 12.6. The van der Waals surface area contributed by atoms with Crippen molar-refractivity contribution in [2.45, 2.75) is 19.8 Å². The minimum absolute atomic E-state index is 0.0529. The molecule has 0 bridgehead atoms. The van der Waals surface area contributed by atoms with Gasteiger partial charge in [0.1, 0.15) is 5.69 Å². The lowest BCUT2D eigenvalue weighted by atomic mass is 10.1. The van der Waals surface area contributed by atoms with Crippen molar-refractivity contribution in [3.63, 3.8) is 0 Å². The van der Waals surface area contributed by atoms with E-state index in [-0.39, 0.29) is 23.1 Å². The predicted octanol–water partition coefficient (Wildman–Crippen LogP) is 1.09. The van der Waals surface area contributed by atoms with Gasteiger partial charge in [-0.25, -0.2) is 5.10 Å². The molecular weight excluding hydrogens is 388 g/mol. The first kappa shape index (κ1) is 21.4. The third-order valence-corrected chi connectivity index (χ3v) is 4.97. The van der Waals surface area contributed by atoms with Gasteiger partial charge in [-0.1, -0.05) is 6.07 Å². The number of aryl methyl sites for hydroxylation is 1. The van der Waals surface area contributed by atoms with Crippen molar-refractivity contribution >= 4 is 11.8 Å². The van der Waals surface area contributed by atoms with Crippen LogP contribution >= 0.6 is 0 Å². The molecule has 1 aliphatic heterocycles. The summed E-state index contributed by atoms with van der Waals surface area (Å²) in [6.45, 7) is 4.28. The van der Waals surface area contributed by atoms with E-state index in [0.29, 0.717) is 57.1 Å². The van der Waals surface area contributed by atoms with E-state index in [1.165, 1.54) is 12.1 Å². The van der Waals surface area contributed by atoms with E-state index in [2.05, 4.69) is 10.2 Å². The highest BCUT2D eigenvalue weighted by molar-refractivity contribution is 5.92. The first-order chi connectivity index (χ1) is 14.5. The molecule has 2 amide bonds. The summed E-state index contributed by atoms with van der Waals surface area (Å²) in [4.78, 5) is 39.5. The van der Waals surface area contributed by atoms with Crippen molar-refractivity contribution in [1.82, 2.24) is 20.0 Å². The summed E-state index contributed by atoms with van der Waals surface area (Å²) < 4.78 is 10.9. The van der Waals surface area contributed by atoms with E-state index in [4.69, 9.17) is 9.47 Å². The molecule has 1 aromatic heterocycles. The van der Waals surface area contributed by atoms with Gasteiger partial charge in [0.05, 0.1) is 13.7 Å². The number of methoxy groups -OCH3 is 1. The van der Waals surface area contributed by atoms with Gasteiger partial charge in [-0.05, 0) is 37.1 Å². The highest BCUT2D eigenvalue weighted by Crippen LogP contribution is 2.28. The van der Waals surface area contributed by atoms with Crippen LogP contribution in [-0.2, 0) is 11.2 Å². The van der Waals surface area contributed by atoms with Crippen LogP contribution in [0.3, 0.4) is 0 Å². The number of nitrogens with zero attached hydrogens (tertiary/aromatic N) is 3. The molecule has 1 aliphatic rings. The van der Waals surface area contributed by atoms with E-state index >= 15 is 0 Å². The van der Waals surface area contributed by atoms with Crippen LogP contribution in [0.2, 0.25) is 0 Å². The van der Waals surface area contributed by atoms with Crippen LogP contribution in [0.5, 0.6) is 11.5 Å². The number of hydrogen-bond donors (Lipinski definition) is 1. The summed E-state index contributed by atoms with van der Waals surface area (Å²) in [5.74, 6) is 1.15. The first-order valence-corrected chi connectivity index (χ1v) is 9.94. The Morgan fingerprint density at radius 1 is 1.07 bits per heavy atom. The molecule has 0 aliphatic carbocycles. The Kier molecular flexibility index (Phi) is 7.05. The van der Waals surface area contributed by atoms with Crippen LogP contribution in [0.15, 0.2) is 35.1 Å². The Morgan fingerprint density at radius 2 is 1.80 bits per heavy atom. The van der Waals surface area contributed by atoms with Gasteiger partial charge in [0.15, 0.2) is 11.5 Å². The van der Waals surface area contributed by atoms with Gasteiger partial charge in [0, 0.05) is 38.7 Å². The fourth-order valence-electron chi connectivity index (χ4n) is 3.34. The molecule has 0 spiro atoms. The number of carbonyl (C=O) groups excluding carboxylic acids is 2. The Balaban J connectivity index is 1.50. The number of amides is 2. The number of H-pyrrole nitrogens is 1. The van der Waals surface area contributed by atoms with Crippen molar-refractivity contribution in [1.29, 1.82) is 0 Å². The number of ether oxygens (including phenoxy) is 2. The van der Waals surface area contributed by atoms with E-state index in [9.17, 15) is 14.4 Å². The van der Waals surface area contributed by atoms with E-state index in [1.807, 2.05) is 25.1 Å². The van der Waals surface area contributed by atoms with Crippen LogP contribution in [0.25, 0.3) is 0 Å². The Morgan fingerprint density at radius 3 is 2.43 bits per heavy atom. The standard InChI is InChI=1S/C21H26N4O5/c1-3-30-17-7-4-15(14-18(17)29-2)5-9-20(27)24-10-12-25(13-11-24)21(28)16-6-8-19(26)23-22-16/h4,6-8,14H,3,5,9-13H2,1-2H3,(H,23,26). The number of piperazine rings is 1. The summed E-state index contributed by atoms with van der Waals surface area (Å²) in [5, 5.41) is 6.04. The number of rotatable bonds is 7. The monoisotopic (exact) mass is 414 g/mol. The number of benzene rings is 1. The molecule has 9 nitrogen and oxygen atoms in total. The Bertz CT molecular complexity index is 930. The molecule has 0 radical (unpaired) electrons. The van der Waals surface area contributed by atoms with Crippen molar-refractivity contribution in [2.75, 3.05) is 39.9 Å². The van der Waals surface area contributed by atoms with Gasteiger partial charge in [0.2, 0.25) is 5.91 Å². The molecule has 1 N–H and O–H groups in total. The molecular formula is C21H26N4O5. The fraction of sp³-hybridized carbons (Fsp3) is 0.429. The summed E-state index contributed by atoms with van der Waals surface area (Å²) >= 11 is 0. The van der Waals surface area contributed by atoms with Crippen LogP contribution in [0, 0.1) is 0 Å². The zero-order valence-electron chi connectivity index (χ0n) is 17.2. The average molecular weight is 414 g/mol.